The number of nitrogens with two attached hydrogens (primary N) is 1. The molecule has 7 rings (SSSR count). The number of halogens is 1. The van der Waals surface area contributed by atoms with E-state index >= 15 is 0 Å². The van der Waals surface area contributed by atoms with E-state index in [2.05, 4.69) is 29.0 Å². The molecule has 0 radical (unpaired) electrons. The summed E-state index contributed by atoms with van der Waals surface area (Å²) in [5, 5.41) is 22.8. The number of ether oxygens (including phenoxy) is 1. The Morgan fingerprint density at radius 1 is 1.09 bits per heavy atom. The van der Waals surface area contributed by atoms with Crippen molar-refractivity contribution in [2.75, 3.05) is 13.2 Å². The van der Waals surface area contributed by atoms with Gasteiger partial charge >= 0.3 is 5.97 Å². The van der Waals surface area contributed by atoms with E-state index in [0.717, 1.165) is 37.9 Å². The van der Waals surface area contributed by atoms with Crippen LogP contribution >= 0.6 is 11.6 Å². The van der Waals surface area contributed by atoms with E-state index in [-0.39, 0.29) is 33.3 Å². The standard InChI is InChI=1S/C32H37ClN6O4/c1-17-9-23(37-38-27(17)33)25(40)22-6-5-19(24(36-22)28(41)42)20-11-35-39(18(20)2)16-31-13-30(4)12-29(3)14-32(15-31,43-8-7-34)10-21(29)26(30)31/h5-6,9,11,21,26H,7-8,10,12-16,34H2,1-4H3,(H,41,42). The molecule has 3 aromatic heterocycles. The van der Waals surface area contributed by atoms with Crippen molar-refractivity contribution in [1.29, 1.82) is 0 Å². The van der Waals surface area contributed by atoms with Crippen molar-refractivity contribution in [3.63, 3.8) is 0 Å². The van der Waals surface area contributed by atoms with Crippen LogP contribution in [0.25, 0.3) is 11.1 Å². The number of pyridine rings is 1. The van der Waals surface area contributed by atoms with Crippen molar-refractivity contribution in [1.82, 2.24) is 25.0 Å². The molecule has 4 aliphatic carbocycles. The largest absolute Gasteiger partial charge is 0.476 e. The van der Waals surface area contributed by atoms with Crippen LogP contribution in [0.15, 0.2) is 24.4 Å². The lowest BCUT2D eigenvalue weighted by Gasteiger charge is -2.66. The number of aromatic carboxylic acids is 1. The second-order valence-electron chi connectivity index (χ2n) is 14.2. The molecule has 226 valence electrons. The van der Waals surface area contributed by atoms with Crippen LogP contribution in [0.1, 0.15) is 83.9 Å². The number of ketones is 1. The highest BCUT2D eigenvalue weighted by Crippen LogP contribution is 2.83. The van der Waals surface area contributed by atoms with Gasteiger partial charge in [-0.25, -0.2) is 9.78 Å². The Morgan fingerprint density at radius 3 is 2.60 bits per heavy atom. The number of hydrogen-bond acceptors (Lipinski definition) is 8. The highest BCUT2D eigenvalue weighted by Gasteiger charge is 2.79. The number of carboxylic acids is 1. The summed E-state index contributed by atoms with van der Waals surface area (Å²) in [7, 11) is 0. The van der Waals surface area contributed by atoms with E-state index < -0.39 is 11.8 Å². The highest BCUT2D eigenvalue weighted by atomic mass is 35.5. The Kier molecular flexibility index (Phi) is 6.24. The lowest BCUT2D eigenvalue weighted by atomic mass is 9.40. The zero-order valence-electron chi connectivity index (χ0n) is 25.0. The maximum Gasteiger partial charge on any atom is 0.355 e. The summed E-state index contributed by atoms with van der Waals surface area (Å²) in [6.45, 7) is 10.5. The minimum atomic E-state index is -1.23. The Bertz CT molecular complexity index is 1690. The molecule has 43 heavy (non-hydrogen) atoms. The predicted octanol–water partition coefficient (Wildman–Crippen LogP) is 4.88. The maximum absolute atomic E-state index is 13.1. The summed E-state index contributed by atoms with van der Waals surface area (Å²) < 4.78 is 8.61. The number of rotatable bonds is 9. The Labute approximate surface area is 255 Å². The van der Waals surface area contributed by atoms with Crippen LogP contribution in [0, 0.1) is 41.9 Å². The van der Waals surface area contributed by atoms with Crippen LogP contribution in [0.4, 0.5) is 0 Å². The minimum absolute atomic E-state index is 0.0281. The molecule has 3 aromatic rings. The fourth-order valence-corrected chi connectivity index (χ4v) is 10.5. The number of aryl methyl sites for hydroxylation is 1. The number of carboxylic acid groups (broad SMARTS) is 1. The summed E-state index contributed by atoms with van der Waals surface area (Å²) in [6, 6.07) is 4.67. The average molecular weight is 605 g/mol. The molecule has 0 aromatic carbocycles. The predicted molar refractivity (Wildman–Crippen MR) is 159 cm³/mol. The summed E-state index contributed by atoms with van der Waals surface area (Å²) in [5.41, 5.74) is 8.85. The Hall–Kier alpha value is -3.21. The van der Waals surface area contributed by atoms with Gasteiger partial charge < -0.3 is 15.6 Å². The minimum Gasteiger partial charge on any atom is -0.476 e. The molecule has 11 heteroatoms. The molecular formula is C32H37ClN6O4. The topological polar surface area (TPSA) is 146 Å². The number of carbonyl (C=O) groups excluding carboxylic acids is 1. The zero-order valence-corrected chi connectivity index (χ0v) is 25.7. The molecule has 3 heterocycles. The number of hydrogen-bond donors (Lipinski definition) is 2. The first-order valence-corrected chi connectivity index (χ1v) is 15.4. The van der Waals surface area contributed by atoms with E-state index in [1.807, 2.05) is 11.6 Å². The highest BCUT2D eigenvalue weighted by molar-refractivity contribution is 6.30. The zero-order chi connectivity index (χ0) is 30.5. The Balaban J connectivity index is 1.21. The molecule has 10 nitrogen and oxygen atoms in total. The van der Waals surface area contributed by atoms with Gasteiger partial charge in [-0.2, -0.15) is 5.10 Å². The van der Waals surface area contributed by atoms with Crippen molar-refractivity contribution in [2.24, 2.45) is 33.8 Å². The van der Waals surface area contributed by atoms with Crippen LogP contribution < -0.4 is 5.73 Å². The van der Waals surface area contributed by atoms with Gasteiger partial charge in [0.2, 0.25) is 5.78 Å². The molecule has 0 saturated heterocycles. The van der Waals surface area contributed by atoms with Crippen molar-refractivity contribution < 1.29 is 19.4 Å². The number of nitrogens with zero attached hydrogens (tertiary/aromatic N) is 5. The summed E-state index contributed by atoms with van der Waals surface area (Å²) in [5.74, 6) is -0.496. The number of carbonyl (C=O) groups is 2. The summed E-state index contributed by atoms with van der Waals surface area (Å²) >= 11 is 5.95. The first-order chi connectivity index (χ1) is 20.3. The molecule has 3 N–H and O–H groups in total. The van der Waals surface area contributed by atoms with Gasteiger partial charge in [-0.05, 0) is 97.8 Å². The van der Waals surface area contributed by atoms with Gasteiger partial charge in [0.1, 0.15) is 11.4 Å². The number of fused-ring (bicyclic) bond motifs is 1. The van der Waals surface area contributed by atoms with Crippen molar-refractivity contribution in [2.45, 2.75) is 71.9 Å². The molecule has 2 bridgehead atoms. The molecule has 6 atom stereocenters. The van der Waals surface area contributed by atoms with Crippen LogP contribution in [0.3, 0.4) is 0 Å². The van der Waals surface area contributed by atoms with Crippen LogP contribution in [-0.2, 0) is 11.3 Å². The monoisotopic (exact) mass is 604 g/mol. The smallest absolute Gasteiger partial charge is 0.355 e. The van der Waals surface area contributed by atoms with Crippen molar-refractivity contribution in [3.05, 3.63) is 57.9 Å². The maximum atomic E-state index is 13.1. The van der Waals surface area contributed by atoms with E-state index in [1.165, 1.54) is 18.6 Å². The van der Waals surface area contributed by atoms with Crippen molar-refractivity contribution in [3.8, 4) is 11.1 Å². The van der Waals surface area contributed by atoms with E-state index in [9.17, 15) is 14.7 Å². The molecule has 4 fully saturated rings. The third-order valence-corrected chi connectivity index (χ3v) is 11.5. The lowest BCUT2D eigenvalue weighted by Crippen LogP contribution is -2.62. The first-order valence-electron chi connectivity index (χ1n) is 15.0. The van der Waals surface area contributed by atoms with E-state index in [1.54, 1.807) is 19.2 Å². The molecule has 0 spiro atoms. The van der Waals surface area contributed by atoms with Gasteiger partial charge in [0.05, 0.1) is 18.4 Å². The van der Waals surface area contributed by atoms with Gasteiger partial charge in [-0.15, -0.1) is 10.2 Å². The second-order valence-corrected chi connectivity index (χ2v) is 14.6. The van der Waals surface area contributed by atoms with Crippen LogP contribution in [0.5, 0.6) is 0 Å². The third kappa shape index (κ3) is 4.13. The lowest BCUT2D eigenvalue weighted by molar-refractivity contribution is -0.211. The molecular weight excluding hydrogens is 568 g/mol. The van der Waals surface area contributed by atoms with Crippen LogP contribution in [-0.4, -0.2) is 60.6 Å². The molecule has 4 saturated carbocycles. The normalized spacial score (nSPS) is 33.4. The van der Waals surface area contributed by atoms with Gasteiger partial charge in [-0.1, -0.05) is 25.4 Å². The SMILES string of the molecule is Cc1cc(C(=O)c2ccc(-c3cnn(CC45CC6(OCCN)CC7C4C(C)(CC7(C)C6)C5)c3C)c(C(=O)O)n2)nnc1Cl. The average Bonchev–Trinajstić information content (AvgIpc) is 3.47. The van der Waals surface area contributed by atoms with Gasteiger partial charge in [0.15, 0.2) is 10.8 Å². The van der Waals surface area contributed by atoms with Crippen molar-refractivity contribution >= 4 is 23.4 Å². The quantitative estimate of drug-likeness (QED) is 0.326. The molecule has 0 aliphatic heterocycles. The molecule has 6 unspecified atom stereocenters. The van der Waals surface area contributed by atoms with Gasteiger partial charge in [0.25, 0.3) is 0 Å². The fourth-order valence-electron chi connectivity index (χ4n) is 10.4. The fraction of sp³-hybridized carbons (Fsp3) is 0.562. The van der Waals surface area contributed by atoms with Crippen LogP contribution in [0.2, 0.25) is 5.15 Å². The van der Waals surface area contributed by atoms with E-state index in [0.29, 0.717) is 52.5 Å². The van der Waals surface area contributed by atoms with Gasteiger partial charge in [0, 0.05) is 29.9 Å². The summed E-state index contributed by atoms with van der Waals surface area (Å²) in [6.07, 6.45) is 7.34. The second kappa shape index (κ2) is 9.39. The third-order valence-electron chi connectivity index (χ3n) is 11.1. The molecule has 4 aliphatic rings. The molecule has 0 amide bonds. The summed E-state index contributed by atoms with van der Waals surface area (Å²) in [4.78, 5) is 29.7. The van der Waals surface area contributed by atoms with E-state index in [4.69, 9.17) is 27.2 Å². The number of aromatic nitrogens is 5. The Morgan fingerprint density at radius 2 is 1.88 bits per heavy atom. The first kappa shape index (κ1) is 28.6. The van der Waals surface area contributed by atoms with Gasteiger partial charge in [-0.3, -0.25) is 9.48 Å².